The van der Waals surface area contributed by atoms with Crippen molar-refractivity contribution >= 4 is 16.7 Å². The van der Waals surface area contributed by atoms with Crippen molar-refractivity contribution in [3.8, 4) is 0 Å². The molecule has 0 aliphatic heterocycles. The van der Waals surface area contributed by atoms with Gasteiger partial charge in [-0.2, -0.15) is 0 Å². The lowest BCUT2D eigenvalue weighted by Gasteiger charge is -2.06. The third-order valence-corrected chi connectivity index (χ3v) is 3.14. The summed E-state index contributed by atoms with van der Waals surface area (Å²) in [5.74, 6) is 0.0179. The molecule has 19 heavy (non-hydrogen) atoms. The molecule has 0 bridgehead atoms. The molecule has 2 heteroatoms. The standard InChI is InChI=1S/C17H13NO/c1-12-10-11-13-8-5-9-15(16(13)18-12)17(19)14-6-3-2-4-7-14/h2-11H,1H3. The van der Waals surface area contributed by atoms with Gasteiger partial charge in [0, 0.05) is 22.2 Å². The number of ketones is 1. The lowest BCUT2D eigenvalue weighted by Crippen LogP contribution is -2.03. The van der Waals surface area contributed by atoms with Gasteiger partial charge >= 0.3 is 0 Å². The summed E-state index contributed by atoms with van der Waals surface area (Å²) >= 11 is 0. The fraction of sp³-hybridized carbons (Fsp3) is 0.0588. The van der Waals surface area contributed by atoms with Crippen molar-refractivity contribution in [1.82, 2.24) is 4.98 Å². The Morgan fingerprint density at radius 1 is 0.895 bits per heavy atom. The van der Waals surface area contributed by atoms with E-state index in [1.165, 1.54) is 0 Å². The Balaban J connectivity index is 2.20. The van der Waals surface area contributed by atoms with E-state index in [1.807, 2.05) is 67.6 Å². The third-order valence-electron chi connectivity index (χ3n) is 3.14. The molecule has 0 unspecified atom stereocenters. The first-order valence-electron chi connectivity index (χ1n) is 6.22. The summed E-state index contributed by atoms with van der Waals surface area (Å²) in [6, 6.07) is 19.0. The molecule has 0 saturated carbocycles. The Hall–Kier alpha value is -2.48. The monoisotopic (exact) mass is 247 g/mol. The molecular formula is C17H13NO. The highest BCUT2D eigenvalue weighted by Gasteiger charge is 2.12. The molecule has 1 heterocycles. The maximum absolute atomic E-state index is 12.5. The molecule has 3 aromatic rings. The number of hydrogen-bond acceptors (Lipinski definition) is 2. The summed E-state index contributed by atoms with van der Waals surface area (Å²) in [5.41, 5.74) is 3.04. The van der Waals surface area contributed by atoms with Crippen LogP contribution >= 0.6 is 0 Å². The molecule has 3 rings (SSSR count). The number of para-hydroxylation sites is 1. The fourth-order valence-corrected chi connectivity index (χ4v) is 2.17. The van der Waals surface area contributed by atoms with Crippen molar-refractivity contribution in [2.24, 2.45) is 0 Å². The van der Waals surface area contributed by atoms with Crippen LogP contribution < -0.4 is 0 Å². The zero-order valence-electron chi connectivity index (χ0n) is 10.6. The Bertz CT molecular complexity index is 748. The summed E-state index contributed by atoms with van der Waals surface area (Å²) in [6.07, 6.45) is 0. The molecule has 2 nitrogen and oxygen atoms in total. The Morgan fingerprint density at radius 2 is 1.68 bits per heavy atom. The number of pyridine rings is 1. The minimum absolute atomic E-state index is 0.0179. The first-order chi connectivity index (χ1) is 9.25. The SMILES string of the molecule is Cc1ccc2cccc(C(=O)c3ccccc3)c2n1. The molecule has 0 amide bonds. The van der Waals surface area contributed by atoms with E-state index in [9.17, 15) is 4.79 Å². The highest BCUT2D eigenvalue weighted by atomic mass is 16.1. The van der Waals surface area contributed by atoms with Crippen LogP contribution in [0, 0.1) is 6.92 Å². The highest BCUT2D eigenvalue weighted by molar-refractivity contribution is 6.15. The Morgan fingerprint density at radius 3 is 2.47 bits per heavy atom. The third kappa shape index (κ3) is 2.13. The molecular weight excluding hydrogens is 234 g/mol. The molecule has 2 aromatic carbocycles. The summed E-state index contributed by atoms with van der Waals surface area (Å²) in [4.78, 5) is 17.0. The molecule has 0 fully saturated rings. The average Bonchev–Trinajstić information content (AvgIpc) is 2.47. The Kier molecular flexibility index (Phi) is 2.84. The molecule has 0 N–H and O–H groups in total. The highest BCUT2D eigenvalue weighted by Crippen LogP contribution is 2.20. The topological polar surface area (TPSA) is 30.0 Å². The number of aromatic nitrogens is 1. The first kappa shape index (κ1) is 11.6. The average molecular weight is 247 g/mol. The second kappa shape index (κ2) is 4.65. The predicted molar refractivity (Wildman–Crippen MR) is 76.4 cm³/mol. The minimum Gasteiger partial charge on any atom is -0.289 e. The van der Waals surface area contributed by atoms with E-state index in [1.54, 1.807) is 0 Å². The number of rotatable bonds is 2. The molecule has 0 aliphatic carbocycles. The van der Waals surface area contributed by atoms with Crippen LogP contribution in [-0.4, -0.2) is 10.8 Å². The van der Waals surface area contributed by atoms with Gasteiger partial charge in [0.2, 0.25) is 0 Å². The van der Waals surface area contributed by atoms with E-state index < -0.39 is 0 Å². The minimum atomic E-state index is 0.0179. The van der Waals surface area contributed by atoms with E-state index >= 15 is 0 Å². The number of hydrogen-bond donors (Lipinski definition) is 0. The zero-order chi connectivity index (χ0) is 13.2. The van der Waals surface area contributed by atoms with Crippen molar-refractivity contribution < 1.29 is 4.79 Å². The molecule has 0 aliphatic rings. The smallest absolute Gasteiger partial charge is 0.195 e. The van der Waals surface area contributed by atoms with Gasteiger partial charge < -0.3 is 0 Å². The van der Waals surface area contributed by atoms with Crippen molar-refractivity contribution in [3.63, 3.8) is 0 Å². The first-order valence-corrected chi connectivity index (χ1v) is 6.22. The number of benzene rings is 2. The van der Waals surface area contributed by atoms with Gasteiger partial charge in [0.05, 0.1) is 5.52 Å². The van der Waals surface area contributed by atoms with Crippen LogP contribution in [0.15, 0.2) is 60.7 Å². The van der Waals surface area contributed by atoms with Gasteiger partial charge in [-0.3, -0.25) is 9.78 Å². The maximum atomic E-state index is 12.5. The van der Waals surface area contributed by atoms with Gasteiger partial charge in [0.25, 0.3) is 0 Å². The number of nitrogens with zero attached hydrogens (tertiary/aromatic N) is 1. The van der Waals surface area contributed by atoms with E-state index in [2.05, 4.69) is 4.98 Å². The van der Waals surface area contributed by atoms with E-state index in [-0.39, 0.29) is 5.78 Å². The van der Waals surface area contributed by atoms with Crippen molar-refractivity contribution in [2.45, 2.75) is 6.92 Å². The number of carbonyl (C=O) groups excluding carboxylic acids is 1. The number of aryl methyl sites for hydroxylation is 1. The van der Waals surface area contributed by atoms with Gasteiger partial charge in [0.1, 0.15) is 0 Å². The maximum Gasteiger partial charge on any atom is 0.195 e. The second-order valence-corrected chi connectivity index (χ2v) is 4.53. The Labute approximate surface area is 111 Å². The lowest BCUT2D eigenvalue weighted by atomic mass is 10.0. The summed E-state index contributed by atoms with van der Waals surface area (Å²) in [5, 5.41) is 0.993. The van der Waals surface area contributed by atoms with E-state index in [0.29, 0.717) is 11.1 Å². The van der Waals surface area contributed by atoms with Crippen molar-refractivity contribution in [1.29, 1.82) is 0 Å². The normalized spacial score (nSPS) is 10.6. The van der Waals surface area contributed by atoms with Crippen LogP contribution in [-0.2, 0) is 0 Å². The van der Waals surface area contributed by atoms with Crippen LogP contribution in [0.2, 0.25) is 0 Å². The van der Waals surface area contributed by atoms with Gasteiger partial charge in [-0.25, -0.2) is 0 Å². The predicted octanol–water partition coefficient (Wildman–Crippen LogP) is 3.77. The van der Waals surface area contributed by atoms with Crippen molar-refractivity contribution in [3.05, 3.63) is 77.5 Å². The van der Waals surface area contributed by atoms with Gasteiger partial charge in [-0.05, 0) is 19.1 Å². The van der Waals surface area contributed by atoms with Crippen LogP contribution in [0.1, 0.15) is 21.6 Å². The molecule has 0 atom stereocenters. The number of fused-ring (bicyclic) bond motifs is 1. The van der Waals surface area contributed by atoms with Crippen molar-refractivity contribution in [2.75, 3.05) is 0 Å². The fourth-order valence-electron chi connectivity index (χ4n) is 2.17. The van der Waals surface area contributed by atoms with Gasteiger partial charge in [0.15, 0.2) is 5.78 Å². The molecule has 0 radical (unpaired) electrons. The van der Waals surface area contributed by atoms with Crippen LogP contribution in [0.25, 0.3) is 10.9 Å². The van der Waals surface area contributed by atoms with Crippen LogP contribution in [0.4, 0.5) is 0 Å². The molecule has 0 saturated heterocycles. The van der Waals surface area contributed by atoms with Crippen LogP contribution in [0.5, 0.6) is 0 Å². The molecule has 0 spiro atoms. The van der Waals surface area contributed by atoms with Crippen LogP contribution in [0.3, 0.4) is 0 Å². The summed E-state index contributed by atoms with van der Waals surface area (Å²) in [6.45, 7) is 1.93. The van der Waals surface area contributed by atoms with E-state index in [4.69, 9.17) is 0 Å². The quantitative estimate of drug-likeness (QED) is 0.645. The molecule has 92 valence electrons. The van der Waals surface area contributed by atoms with Gasteiger partial charge in [-0.15, -0.1) is 0 Å². The largest absolute Gasteiger partial charge is 0.289 e. The molecule has 1 aromatic heterocycles. The summed E-state index contributed by atoms with van der Waals surface area (Å²) in [7, 11) is 0. The summed E-state index contributed by atoms with van der Waals surface area (Å²) < 4.78 is 0. The van der Waals surface area contributed by atoms with Gasteiger partial charge in [-0.1, -0.05) is 48.5 Å². The second-order valence-electron chi connectivity index (χ2n) is 4.53. The number of carbonyl (C=O) groups is 1. The lowest BCUT2D eigenvalue weighted by molar-refractivity contribution is 0.104. The van der Waals surface area contributed by atoms with E-state index in [0.717, 1.165) is 16.6 Å². The zero-order valence-corrected chi connectivity index (χ0v) is 10.6.